The van der Waals surface area contributed by atoms with E-state index in [-0.39, 0.29) is 24.9 Å². The van der Waals surface area contributed by atoms with Gasteiger partial charge in [-0.3, -0.25) is 9.59 Å². The van der Waals surface area contributed by atoms with E-state index < -0.39 is 12.0 Å². The summed E-state index contributed by atoms with van der Waals surface area (Å²) in [5, 5.41) is 22.4. The number of amides is 1. The van der Waals surface area contributed by atoms with Crippen molar-refractivity contribution in [2.24, 2.45) is 5.92 Å². The van der Waals surface area contributed by atoms with Gasteiger partial charge in [-0.25, -0.2) is 0 Å². The van der Waals surface area contributed by atoms with Crippen LogP contribution in [-0.4, -0.2) is 30.2 Å². The number of fused-ring (bicyclic) bond motifs is 1. The Labute approximate surface area is 175 Å². The minimum absolute atomic E-state index is 0.0617. The minimum Gasteiger partial charge on any atom is -0.493 e. The summed E-state index contributed by atoms with van der Waals surface area (Å²) >= 11 is 0. The average Bonchev–Trinajstić information content (AvgIpc) is 2.76. The highest BCUT2D eigenvalue weighted by Crippen LogP contribution is 2.38. The van der Waals surface area contributed by atoms with Crippen LogP contribution in [-0.2, 0) is 9.53 Å². The molecule has 0 radical (unpaired) electrons. The minimum atomic E-state index is -0.903. The zero-order valence-electron chi connectivity index (χ0n) is 16.8. The molecule has 2 unspecified atom stereocenters. The Morgan fingerprint density at radius 1 is 1.27 bits per heavy atom. The molecule has 2 aromatic carbocycles. The number of ether oxygens (including phenoxy) is 2. The topological polar surface area (TPSA) is 109 Å². The molecule has 2 aromatic rings. The molecule has 7 heteroatoms. The smallest absolute Gasteiger partial charge is 0.306 e. The van der Waals surface area contributed by atoms with Crippen LogP contribution in [0.2, 0.25) is 0 Å². The predicted octanol–water partition coefficient (Wildman–Crippen LogP) is 3.59. The Morgan fingerprint density at radius 2 is 2.03 bits per heavy atom. The lowest BCUT2D eigenvalue weighted by atomic mass is 9.90. The Balaban J connectivity index is 1.67. The van der Waals surface area contributed by atoms with Crippen molar-refractivity contribution >= 4 is 17.6 Å². The second kappa shape index (κ2) is 9.90. The van der Waals surface area contributed by atoms with Gasteiger partial charge in [0, 0.05) is 22.7 Å². The first kappa shape index (κ1) is 21.3. The van der Waals surface area contributed by atoms with Crippen LogP contribution >= 0.6 is 0 Å². The van der Waals surface area contributed by atoms with Gasteiger partial charge in [-0.1, -0.05) is 13.3 Å². The van der Waals surface area contributed by atoms with Gasteiger partial charge in [0.05, 0.1) is 37.4 Å². The van der Waals surface area contributed by atoms with Crippen molar-refractivity contribution in [1.29, 1.82) is 5.26 Å². The predicted molar refractivity (Wildman–Crippen MR) is 110 cm³/mol. The molecule has 2 N–H and O–H groups in total. The number of nitrogens with one attached hydrogen (secondary N) is 1. The molecule has 0 aliphatic carbocycles. The van der Waals surface area contributed by atoms with Gasteiger partial charge >= 0.3 is 5.97 Å². The highest BCUT2D eigenvalue weighted by molar-refractivity contribution is 6.04. The normalized spacial score (nSPS) is 17.2. The largest absolute Gasteiger partial charge is 0.493 e. The summed E-state index contributed by atoms with van der Waals surface area (Å²) in [4.78, 5) is 24.4. The van der Waals surface area contributed by atoms with Crippen molar-refractivity contribution in [3.05, 3.63) is 59.2 Å². The maximum absolute atomic E-state index is 12.4. The SMILES string of the molecule is CCCCOC(=O)CC1COc2ccc(NC(=O)c3ccc(C#N)cc3)cc2C1O. The van der Waals surface area contributed by atoms with Crippen LogP contribution in [0.1, 0.15) is 53.8 Å². The molecule has 30 heavy (non-hydrogen) atoms. The first-order valence-electron chi connectivity index (χ1n) is 9.93. The third-order valence-electron chi connectivity index (χ3n) is 4.95. The number of nitriles is 1. The molecule has 0 spiro atoms. The van der Waals surface area contributed by atoms with Crippen LogP contribution < -0.4 is 10.1 Å². The number of carbonyl (C=O) groups is 2. The maximum atomic E-state index is 12.4. The van der Waals surface area contributed by atoms with Crippen LogP contribution in [0.5, 0.6) is 5.75 Å². The number of carbonyl (C=O) groups excluding carboxylic acids is 2. The van der Waals surface area contributed by atoms with Crippen LogP contribution in [0.3, 0.4) is 0 Å². The second-order valence-electron chi connectivity index (χ2n) is 7.19. The third kappa shape index (κ3) is 5.16. The number of anilines is 1. The number of rotatable bonds is 7. The van der Waals surface area contributed by atoms with Crippen molar-refractivity contribution < 1.29 is 24.2 Å². The zero-order chi connectivity index (χ0) is 21.5. The van der Waals surface area contributed by atoms with E-state index in [1.165, 1.54) is 0 Å². The van der Waals surface area contributed by atoms with E-state index in [0.717, 1.165) is 12.8 Å². The van der Waals surface area contributed by atoms with Crippen LogP contribution in [0.4, 0.5) is 5.69 Å². The number of hydrogen-bond acceptors (Lipinski definition) is 6. The molecule has 0 saturated carbocycles. The molecule has 2 atom stereocenters. The Bertz CT molecular complexity index is 949. The summed E-state index contributed by atoms with van der Waals surface area (Å²) in [5.74, 6) is -0.586. The fraction of sp³-hybridized carbons (Fsp3) is 0.348. The number of aliphatic hydroxyl groups excluding tert-OH is 1. The molecule has 156 valence electrons. The van der Waals surface area contributed by atoms with Gasteiger partial charge in [0.15, 0.2) is 0 Å². The van der Waals surface area contributed by atoms with E-state index in [0.29, 0.717) is 34.7 Å². The van der Waals surface area contributed by atoms with Gasteiger partial charge in [0.25, 0.3) is 5.91 Å². The lowest BCUT2D eigenvalue weighted by Gasteiger charge is -2.30. The summed E-state index contributed by atoms with van der Waals surface area (Å²) in [6, 6.07) is 13.3. The van der Waals surface area contributed by atoms with Crippen LogP contribution in [0.15, 0.2) is 42.5 Å². The fourth-order valence-corrected chi connectivity index (χ4v) is 3.20. The highest BCUT2D eigenvalue weighted by atomic mass is 16.5. The van der Waals surface area contributed by atoms with Crippen molar-refractivity contribution in [2.75, 3.05) is 18.5 Å². The van der Waals surface area contributed by atoms with Gasteiger partial charge in [0.1, 0.15) is 5.75 Å². The monoisotopic (exact) mass is 408 g/mol. The molecule has 1 aliphatic heterocycles. The van der Waals surface area contributed by atoms with Crippen molar-refractivity contribution in [3.63, 3.8) is 0 Å². The van der Waals surface area contributed by atoms with E-state index >= 15 is 0 Å². The Hall–Kier alpha value is -3.37. The summed E-state index contributed by atoms with van der Waals surface area (Å²) in [6.45, 7) is 2.61. The Kier molecular flexibility index (Phi) is 7.04. The standard InChI is InChI=1S/C23H24N2O5/c1-2-3-10-29-21(26)11-17-14-30-20-9-8-18(12-19(20)22(17)27)25-23(28)16-6-4-15(13-24)5-7-16/h4-9,12,17,22,27H,2-3,10-11,14H2,1H3,(H,25,28). The summed E-state index contributed by atoms with van der Waals surface area (Å²) < 4.78 is 10.9. The zero-order valence-corrected chi connectivity index (χ0v) is 16.8. The highest BCUT2D eigenvalue weighted by Gasteiger charge is 2.32. The number of unbranched alkanes of at least 4 members (excludes halogenated alkanes) is 1. The average molecular weight is 408 g/mol. The van der Waals surface area contributed by atoms with E-state index in [2.05, 4.69) is 5.32 Å². The van der Waals surface area contributed by atoms with E-state index in [1.54, 1.807) is 42.5 Å². The van der Waals surface area contributed by atoms with Crippen LogP contribution in [0.25, 0.3) is 0 Å². The third-order valence-corrected chi connectivity index (χ3v) is 4.95. The summed E-state index contributed by atoms with van der Waals surface area (Å²) in [6.07, 6.45) is 0.902. The second-order valence-corrected chi connectivity index (χ2v) is 7.19. The number of esters is 1. The quantitative estimate of drug-likeness (QED) is 0.535. The van der Waals surface area contributed by atoms with E-state index in [9.17, 15) is 14.7 Å². The molecular formula is C23H24N2O5. The van der Waals surface area contributed by atoms with Gasteiger partial charge < -0.3 is 19.9 Å². The fourth-order valence-electron chi connectivity index (χ4n) is 3.20. The van der Waals surface area contributed by atoms with Crippen molar-refractivity contribution in [1.82, 2.24) is 0 Å². The van der Waals surface area contributed by atoms with E-state index in [4.69, 9.17) is 14.7 Å². The number of nitrogens with zero attached hydrogens (tertiary/aromatic N) is 1. The molecule has 7 nitrogen and oxygen atoms in total. The molecule has 0 bridgehead atoms. The molecule has 1 amide bonds. The lowest BCUT2D eigenvalue weighted by Crippen LogP contribution is -2.29. The molecule has 0 aromatic heterocycles. The first-order valence-corrected chi connectivity index (χ1v) is 9.93. The van der Waals surface area contributed by atoms with Crippen molar-refractivity contribution in [2.45, 2.75) is 32.3 Å². The Morgan fingerprint density at radius 3 is 2.73 bits per heavy atom. The van der Waals surface area contributed by atoms with Gasteiger partial charge in [-0.2, -0.15) is 5.26 Å². The number of benzene rings is 2. The van der Waals surface area contributed by atoms with E-state index in [1.807, 2.05) is 13.0 Å². The number of hydrogen-bond donors (Lipinski definition) is 2. The van der Waals surface area contributed by atoms with Gasteiger partial charge in [-0.15, -0.1) is 0 Å². The molecule has 1 heterocycles. The maximum Gasteiger partial charge on any atom is 0.306 e. The number of aliphatic hydroxyl groups is 1. The van der Waals surface area contributed by atoms with Gasteiger partial charge in [0.2, 0.25) is 0 Å². The van der Waals surface area contributed by atoms with Crippen LogP contribution in [0, 0.1) is 17.2 Å². The molecular weight excluding hydrogens is 384 g/mol. The summed E-state index contributed by atoms with van der Waals surface area (Å²) in [5.41, 5.74) is 1.90. The van der Waals surface area contributed by atoms with Crippen molar-refractivity contribution in [3.8, 4) is 11.8 Å². The molecule has 0 saturated heterocycles. The summed E-state index contributed by atoms with van der Waals surface area (Å²) in [7, 11) is 0. The molecule has 0 fully saturated rings. The molecule has 1 aliphatic rings. The lowest BCUT2D eigenvalue weighted by molar-refractivity contribution is -0.146. The molecule has 3 rings (SSSR count). The first-order chi connectivity index (χ1) is 14.5. The van der Waals surface area contributed by atoms with Gasteiger partial charge in [-0.05, 0) is 48.9 Å².